The van der Waals surface area contributed by atoms with Crippen molar-refractivity contribution in [2.45, 2.75) is 26.4 Å². The van der Waals surface area contributed by atoms with Crippen LogP contribution in [0.4, 0.5) is 0 Å². The standard InChI is InChI=1S/C13H21NO3S/c1-10(2)8-11-4-6-12(7-5-11)13(15)9-14-18(3,16)17/h4-7,10,13-15H,8-9H2,1-3H3. The second-order valence-corrected chi connectivity index (χ2v) is 6.81. The van der Waals surface area contributed by atoms with Crippen LogP contribution in [-0.2, 0) is 16.4 Å². The summed E-state index contributed by atoms with van der Waals surface area (Å²) in [6.45, 7) is 4.31. The van der Waals surface area contributed by atoms with Crippen LogP contribution < -0.4 is 4.72 Å². The van der Waals surface area contributed by atoms with E-state index in [1.165, 1.54) is 5.56 Å². The average Bonchev–Trinajstić information content (AvgIpc) is 2.25. The lowest BCUT2D eigenvalue weighted by molar-refractivity contribution is 0.182. The Balaban J connectivity index is 2.61. The third-order valence-electron chi connectivity index (χ3n) is 2.55. The lowest BCUT2D eigenvalue weighted by Crippen LogP contribution is -2.27. The molecule has 18 heavy (non-hydrogen) atoms. The molecule has 1 rings (SSSR count). The summed E-state index contributed by atoms with van der Waals surface area (Å²) < 4.78 is 24.1. The molecule has 0 aliphatic heterocycles. The molecule has 1 aromatic carbocycles. The van der Waals surface area contributed by atoms with E-state index in [9.17, 15) is 13.5 Å². The monoisotopic (exact) mass is 271 g/mol. The molecule has 1 aromatic rings. The summed E-state index contributed by atoms with van der Waals surface area (Å²) in [6, 6.07) is 7.62. The Kier molecular flexibility index (Phi) is 5.31. The number of hydrogen-bond donors (Lipinski definition) is 2. The zero-order valence-corrected chi connectivity index (χ0v) is 11.9. The van der Waals surface area contributed by atoms with Crippen molar-refractivity contribution in [3.63, 3.8) is 0 Å². The van der Waals surface area contributed by atoms with E-state index in [2.05, 4.69) is 18.6 Å². The van der Waals surface area contributed by atoms with Gasteiger partial charge >= 0.3 is 0 Å². The highest BCUT2D eigenvalue weighted by Gasteiger charge is 2.10. The molecule has 0 spiro atoms. The van der Waals surface area contributed by atoms with Crippen molar-refractivity contribution in [3.05, 3.63) is 35.4 Å². The number of benzene rings is 1. The lowest BCUT2D eigenvalue weighted by atomic mass is 10.0. The first-order valence-corrected chi connectivity index (χ1v) is 7.88. The van der Waals surface area contributed by atoms with E-state index in [4.69, 9.17) is 0 Å². The molecular weight excluding hydrogens is 250 g/mol. The quantitative estimate of drug-likeness (QED) is 0.823. The molecule has 0 radical (unpaired) electrons. The van der Waals surface area contributed by atoms with Crippen molar-refractivity contribution in [1.29, 1.82) is 0 Å². The molecule has 5 heteroatoms. The number of rotatable bonds is 6. The van der Waals surface area contributed by atoms with Crippen LogP contribution in [0.5, 0.6) is 0 Å². The number of sulfonamides is 1. The first-order chi connectivity index (χ1) is 8.28. The third-order valence-corrected chi connectivity index (χ3v) is 3.24. The van der Waals surface area contributed by atoms with Gasteiger partial charge in [-0.15, -0.1) is 0 Å². The number of aliphatic hydroxyl groups excluding tert-OH is 1. The van der Waals surface area contributed by atoms with Crippen LogP contribution in [-0.4, -0.2) is 26.3 Å². The summed E-state index contributed by atoms with van der Waals surface area (Å²) >= 11 is 0. The predicted molar refractivity (Wildman–Crippen MR) is 72.8 cm³/mol. The highest BCUT2D eigenvalue weighted by atomic mass is 32.2. The molecule has 2 N–H and O–H groups in total. The van der Waals surface area contributed by atoms with E-state index < -0.39 is 16.1 Å². The fourth-order valence-corrected chi connectivity index (χ4v) is 2.16. The number of aliphatic hydroxyl groups is 1. The van der Waals surface area contributed by atoms with Gasteiger partial charge in [0.05, 0.1) is 12.4 Å². The topological polar surface area (TPSA) is 66.4 Å². The van der Waals surface area contributed by atoms with E-state index in [1.807, 2.05) is 24.3 Å². The van der Waals surface area contributed by atoms with Crippen LogP contribution in [0.1, 0.15) is 31.1 Å². The first kappa shape index (κ1) is 15.1. The fourth-order valence-electron chi connectivity index (χ4n) is 1.70. The molecule has 0 saturated carbocycles. The van der Waals surface area contributed by atoms with Gasteiger partial charge in [-0.2, -0.15) is 0 Å². The third kappa shape index (κ3) is 5.62. The number of nitrogens with one attached hydrogen (secondary N) is 1. The molecule has 0 aliphatic carbocycles. The van der Waals surface area contributed by atoms with Gasteiger partial charge in [0.25, 0.3) is 0 Å². The Bertz CT molecular complexity index is 466. The minimum Gasteiger partial charge on any atom is -0.387 e. The Morgan fingerprint density at radius 3 is 2.22 bits per heavy atom. The van der Waals surface area contributed by atoms with Gasteiger partial charge in [0.2, 0.25) is 10.0 Å². The Labute approximate surface area is 109 Å². The molecule has 1 unspecified atom stereocenters. The van der Waals surface area contributed by atoms with Crippen molar-refractivity contribution < 1.29 is 13.5 Å². The van der Waals surface area contributed by atoms with Crippen molar-refractivity contribution in [2.75, 3.05) is 12.8 Å². The van der Waals surface area contributed by atoms with Crippen molar-refractivity contribution in [3.8, 4) is 0 Å². The Morgan fingerprint density at radius 2 is 1.78 bits per heavy atom. The molecule has 0 fully saturated rings. The minimum absolute atomic E-state index is 0.00234. The van der Waals surface area contributed by atoms with Gasteiger partial charge in [0.1, 0.15) is 0 Å². The summed E-state index contributed by atoms with van der Waals surface area (Å²) in [5.74, 6) is 0.590. The largest absolute Gasteiger partial charge is 0.387 e. The smallest absolute Gasteiger partial charge is 0.208 e. The first-order valence-electron chi connectivity index (χ1n) is 5.99. The van der Waals surface area contributed by atoms with Gasteiger partial charge in [-0.25, -0.2) is 13.1 Å². The summed E-state index contributed by atoms with van der Waals surface area (Å²) in [4.78, 5) is 0. The summed E-state index contributed by atoms with van der Waals surface area (Å²) in [5.41, 5.74) is 1.94. The predicted octanol–water partition coefficient (Wildman–Crippen LogP) is 1.47. The molecule has 0 bridgehead atoms. The maximum Gasteiger partial charge on any atom is 0.208 e. The minimum atomic E-state index is -3.26. The van der Waals surface area contributed by atoms with Gasteiger partial charge in [0.15, 0.2) is 0 Å². The van der Waals surface area contributed by atoms with Crippen LogP contribution >= 0.6 is 0 Å². The fraction of sp³-hybridized carbons (Fsp3) is 0.538. The maximum absolute atomic E-state index is 10.9. The summed E-state index contributed by atoms with van der Waals surface area (Å²) in [6.07, 6.45) is 1.26. The molecular formula is C13H21NO3S. The average molecular weight is 271 g/mol. The Morgan fingerprint density at radius 1 is 1.22 bits per heavy atom. The molecule has 4 nitrogen and oxygen atoms in total. The number of hydrogen-bond acceptors (Lipinski definition) is 3. The van der Waals surface area contributed by atoms with Crippen LogP contribution in [0.25, 0.3) is 0 Å². The van der Waals surface area contributed by atoms with E-state index in [-0.39, 0.29) is 6.54 Å². The van der Waals surface area contributed by atoms with E-state index in [0.29, 0.717) is 5.92 Å². The SMILES string of the molecule is CC(C)Cc1ccc(C(O)CNS(C)(=O)=O)cc1. The molecule has 1 atom stereocenters. The summed E-state index contributed by atoms with van der Waals surface area (Å²) in [5, 5.41) is 9.83. The van der Waals surface area contributed by atoms with Crippen LogP contribution in [0, 0.1) is 5.92 Å². The Hall–Kier alpha value is -0.910. The van der Waals surface area contributed by atoms with E-state index in [1.54, 1.807) is 0 Å². The van der Waals surface area contributed by atoms with Gasteiger partial charge in [-0.05, 0) is 23.5 Å². The summed E-state index contributed by atoms with van der Waals surface area (Å²) in [7, 11) is -3.26. The molecule has 0 amide bonds. The van der Waals surface area contributed by atoms with Crippen LogP contribution in [0.2, 0.25) is 0 Å². The second kappa shape index (κ2) is 6.31. The highest BCUT2D eigenvalue weighted by molar-refractivity contribution is 7.88. The van der Waals surface area contributed by atoms with E-state index >= 15 is 0 Å². The zero-order chi connectivity index (χ0) is 13.8. The van der Waals surface area contributed by atoms with Crippen molar-refractivity contribution in [2.24, 2.45) is 5.92 Å². The maximum atomic E-state index is 10.9. The van der Waals surface area contributed by atoms with Gasteiger partial charge in [0, 0.05) is 6.54 Å². The molecule has 0 aliphatic rings. The van der Waals surface area contributed by atoms with Crippen molar-refractivity contribution in [1.82, 2.24) is 4.72 Å². The van der Waals surface area contributed by atoms with Crippen LogP contribution in [0.15, 0.2) is 24.3 Å². The van der Waals surface area contributed by atoms with E-state index in [0.717, 1.165) is 18.2 Å². The zero-order valence-electron chi connectivity index (χ0n) is 11.1. The molecule has 102 valence electrons. The molecule has 0 heterocycles. The second-order valence-electron chi connectivity index (χ2n) is 4.98. The van der Waals surface area contributed by atoms with Crippen LogP contribution in [0.3, 0.4) is 0 Å². The lowest BCUT2D eigenvalue weighted by Gasteiger charge is -2.12. The highest BCUT2D eigenvalue weighted by Crippen LogP contribution is 2.15. The van der Waals surface area contributed by atoms with Gasteiger partial charge < -0.3 is 5.11 Å². The van der Waals surface area contributed by atoms with Crippen molar-refractivity contribution >= 4 is 10.0 Å². The normalized spacial score (nSPS) is 13.8. The molecule has 0 aromatic heterocycles. The van der Waals surface area contributed by atoms with Gasteiger partial charge in [-0.1, -0.05) is 38.1 Å². The molecule has 0 saturated heterocycles. The van der Waals surface area contributed by atoms with Gasteiger partial charge in [-0.3, -0.25) is 0 Å².